The van der Waals surface area contributed by atoms with Gasteiger partial charge in [0.1, 0.15) is 10.7 Å². The Kier molecular flexibility index (Phi) is 2.62. The Balaban J connectivity index is 3.22. The van der Waals surface area contributed by atoms with E-state index in [0.29, 0.717) is 4.85 Å². The van der Waals surface area contributed by atoms with Crippen molar-refractivity contribution in [2.75, 3.05) is 14.2 Å². The maximum absolute atomic E-state index is 12.1. The van der Waals surface area contributed by atoms with E-state index in [-0.39, 0.29) is 32.3 Å². The molecule has 96 valence electrons. The van der Waals surface area contributed by atoms with Crippen molar-refractivity contribution in [3.05, 3.63) is 38.4 Å². The van der Waals surface area contributed by atoms with Crippen molar-refractivity contribution >= 4 is 0 Å². The highest BCUT2D eigenvalue weighted by Gasteiger charge is 2.16. The van der Waals surface area contributed by atoms with E-state index in [0.717, 1.165) is 6.20 Å². The summed E-state index contributed by atoms with van der Waals surface area (Å²) in [5.41, 5.74) is -0.538. The highest BCUT2D eigenvalue weighted by atomic mass is 16.6. The van der Waals surface area contributed by atoms with E-state index in [4.69, 9.17) is 14.9 Å². The first-order chi connectivity index (χ1) is 8.52. The van der Waals surface area contributed by atoms with Crippen molar-refractivity contribution in [3.8, 4) is 11.5 Å². The highest BCUT2D eigenvalue weighted by Crippen LogP contribution is 2.16. The smallest absolute Gasteiger partial charge is 0.233 e. The molecule has 8 nitrogen and oxygen atoms in total. The minimum atomic E-state index is -0.538. The number of rotatable bonds is 2. The lowest BCUT2D eigenvalue weighted by Gasteiger charge is -2.10. The number of aromatic nitrogens is 2. The number of hydrogen-bond acceptors (Lipinski definition) is 6. The molecule has 0 saturated heterocycles. The molecule has 2 rings (SSSR count). The standard InChI is InChI=1S/C10H11N3O5/c1-17-9-6(11)7-5(8(14)10(9)18-2)3-4-12(15)13(7)16/h3-4,11,15-16H,1-2H3. The zero-order valence-electron chi connectivity index (χ0n) is 9.67. The first kappa shape index (κ1) is 11.8. The summed E-state index contributed by atoms with van der Waals surface area (Å²) in [6.07, 6.45) is 1.06. The van der Waals surface area contributed by atoms with E-state index in [1.54, 1.807) is 0 Å². The Hall–Kier alpha value is -2.64. The molecule has 0 aromatic carbocycles. The van der Waals surface area contributed by atoms with Gasteiger partial charge in [-0.3, -0.25) is 10.2 Å². The Bertz CT molecular complexity index is 776. The molecule has 0 aromatic heterocycles. The van der Waals surface area contributed by atoms with E-state index in [1.807, 2.05) is 0 Å². The van der Waals surface area contributed by atoms with Crippen molar-refractivity contribution < 1.29 is 19.9 Å². The van der Waals surface area contributed by atoms with Gasteiger partial charge in [-0.05, 0) is 6.07 Å². The van der Waals surface area contributed by atoms with Crippen LogP contribution in [-0.4, -0.2) is 34.3 Å². The molecule has 1 aliphatic carbocycles. The van der Waals surface area contributed by atoms with E-state index in [2.05, 4.69) is 0 Å². The first-order valence-electron chi connectivity index (χ1n) is 4.88. The van der Waals surface area contributed by atoms with Crippen LogP contribution in [-0.2, 0) is 0 Å². The molecule has 0 saturated carbocycles. The predicted molar refractivity (Wildman–Crippen MR) is 57.3 cm³/mol. The number of nitrogens with one attached hydrogen (secondary N) is 1. The highest BCUT2D eigenvalue weighted by molar-refractivity contribution is 5.39. The van der Waals surface area contributed by atoms with Gasteiger partial charge in [0.15, 0.2) is 5.75 Å². The average molecular weight is 253 g/mol. The summed E-state index contributed by atoms with van der Waals surface area (Å²) >= 11 is 0. The van der Waals surface area contributed by atoms with Crippen LogP contribution < -0.4 is 20.3 Å². The summed E-state index contributed by atoms with van der Waals surface area (Å²) in [6, 6.07) is 1.27. The molecule has 0 aromatic rings. The third-order valence-corrected chi connectivity index (χ3v) is 2.55. The topological polar surface area (TPSA) is 110 Å². The number of nitrogens with zero attached hydrogens (tertiary/aromatic N) is 2. The maximum Gasteiger partial charge on any atom is 0.233 e. The normalized spacial score (nSPS) is 10.6. The number of methoxy groups -OCH3 is 2. The van der Waals surface area contributed by atoms with Crippen LogP contribution in [0.25, 0.3) is 0 Å². The Morgan fingerprint density at radius 3 is 2.39 bits per heavy atom. The molecule has 3 N–H and O–H groups in total. The molecular formula is C10H11N3O5. The third-order valence-electron chi connectivity index (χ3n) is 2.55. The number of hydrogen-bond donors (Lipinski definition) is 3. The second kappa shape index (κ2) is 3.99. The van der Waals surface area contributed by atoms with Crippen LogP contribution in [0.1, 0.15) is 0 Å². The minimum Gasteiger partial charge on any atom is -0.491 e. The van der Waals surface area contributed by atoms with E-state index in [9.17, 15) is 15.2 Å². The lowest BCUT2D eigenvalue weighted by atomic mass is 10.2. The van der Waals surface area contributed by atoms with Crippen LogP contribution in [0.2, 0.25) is 0 Å². The molecule has 0 spiro atoms. The molecule has 2 aliphatic rings. The quantitative estimate of drug-likeness (QED) is 0.616. The van der Waals surface area contributed by atoms with Gasteiger partial charge in [0.05, 0.1) is 25.6 Å². The van der Waals surface area contributed by atoms with Crippen molar-refractivity contribution in [1.29, 1.82) is 5.41 Å². The summed E-state index contributed by atoms with van der Waals surface area (Å²) in [6.45, 7) is 0. The lowest BCUT2D eigenvalue weighted by Crippen LogP contribution is -2.26. The first-order valence-corrected chi connectivity index (χ1v) is 4.88. The van der Waals surface area contributed by atoms with Crippen molar-refractivity contribution in [2.45, 2.75) is 0 Å². The predicted octanol–water partition coefficient (Wildman–Crippen LogP) is -0.654. The van der Waals surface area contributed by atoms with Crippen LogP contribution in [0.5, 0.6) is 11.5 Å². The Morgan fingerprint density at radius 1 is 1.22 bits per heavy atom. The monoisotopic (exact) mass is 253 g/mol. The third kappa shape index (κ3) is 1.39. The molecule has 0 unspecified atom stereocenters. The molecule has 0 radical (unpaired) electrons. The van der Waals surface area contributed by atoms with Crippen LogP contribution in [0, 0.1) is 16.0 Å². The van der Waals surface area contributed by atoms with Crippen LogP contribution in [0.4, 0.5) is 0 Å². The zero-order valence-corrected chi connectivity index (χ0v) is 9.67. The van der Waals surface area contributed by atoms with Gasteiger partial charge in [0.25, 0.3) is 0 Å². The van der Waals surface area contributed by atoms with Crippen LogP contribution >= 0.6 is 0 Å². The summed E-state index contributed by atoms with van der Waals surface area (Å²) in [5, 5.41) is 26.4. The van der Waals surface area contributed by atoms with E-state index in [1.165, 1.54) is 20.3 Å². The second-order valence-corrected chi connectivity index (χ2v) is 3.46. The molecule has 1 heterocycles. The molecule has 18 heavy (non-hydrogen) atoms. The fraction of sp³-hybridized carbons (Fsp3) is 0.200. The fourth-order valence-corrected chi connectivity index (χ4v) is 1.74. The summed E-state index contributed by atoms with van der Waals surface area (Å²) in [5.74, 6) is -0.227. The average Bonchev–Trinajstić information content (AvgIpc) is 2.36. The molecule has 0 fully saturated rings. The number of ether oxygens (including phenoxy) is 2. The van der Waals surface area contributed by atoms with Crippen LogP contribution in [0.3, 0.4) is 0 Å². The molecule has 8 heteroatoms. The zero-order chi connectivity index (χ0) is 13.4. The summed E-state index contributed by atoms with van der Waals surface area (Å²) < 4.78 is 9.83. The van der Waals surface area contributed by atoms with Crippen molar-refractivity contribution in [3.63, 3.8) is 0 Å². The SMILES string of the molecule is COc1c(OC)c(=O)c2ccn(O)n(O)c=2c1=N. The van der Waals surface area contributed by atoms with E-state index >= 15 is 0 Å². The molecule has 0 amide bonds. The molecule has 1 aliphatic heterocycles. The van der Waals surface area contributed by atoms with Gasteiger partial charge in [0.2, 0.25) is 11.2 Å². The Labute approximate surface area is 99.9 Å². The van der Waals surface area contributed by atoms with Crippen LogP contribution in [0.15, 0.2) is 17.1 Å². The van der Waals surface area contributed by atoms with E-state index < -0.39 is 5.43 Å². The van der Waals surface area contributed by atoms with Gasteiger partial charge < -0.3 is 19.9 Å². The van der Waals surface area contributed by atoms with Gasteiger partial charge in [-0.25, -0.2) is 0 Å². The lowest BCUT2D eigenvalue weighted by molar-refractivity contribution is -0.0222. The van der Waals surface area contributed by atoms with Gasteiger partial charge in [0, 0.05) is 0 Å². The second-order valence-electron chi connectivity index (χ2n) is 3.46. The maximum atomic E-state index is 12.1. The van der Waals surface area contributed by atoms with Crippen molar-refractivity contribution in [2.24, 2.45) is 0 Å². The molecule has 0 bridgehead atoms. The van der Waals surface area contributed by atoms with Gasteiger partial charge in [-0.1, -0.05) is 9.69 Å². The van der Waals surface area contributed by atoms with Gasteiger partial charge in [-0.2, -0.15) is 0 Å². The Morgan fingerprint density at radius 2 is 1.83 bits per heavy atom. The fourth-order valence-electron chi connectivity index (χ4n) is 1.74. The minimum absolute atomic E-state index is 0.0328. The van der Waals surface area contributed by atoms with Crippen molar-refractivity contribution in [1.82, 2.24) is 9.69 Å². The summed E-state index contributed by atoms with van der Waals surface area (Å²) in [4.78, 5) is 12.7. The largest absolute Gasteiger partial charge is 0.491 e. The summed E-state index contributed by atoms with van der Waals surface area (Å²) in [7, 11) is 2.56. The van der Waals surface area contributed by atoms with Gasteiger partial charge >= 0.3 is 0 Å². The molecular weight excluding hydrogens is 242 g/mol. The molecule has 0 atom stereocenters. The van der Waals surface area contributed by atoms with Gasteiger partial charge in [-0.15, -0.1) is 0 Å².